The highest BCUT2D eigenvalue weighted by Crippen LogP contribution is 2.21. The first kappa shape index (κ1) is 20.4. The zero-order chi connectivity index (χ0) is 20.8. The number of piperidine rings is 1. The molecule has 0 unspecified atom stereocenters. The lowest BCUT2D eigenvalue weighted by Gasteiger charge is -2.31. The molecule has 0 bridgehead atoms. The Morgan fingerprint density at radius 2 is 1.73 bits per heavy atom. The van der Waals surface area contributed by atoms with E-state index in [1.165, 1.54) is 11.5 Å². The molecule has 1 amide bonds. The van der Waals surface area contributed by atoms with Crippen LogP contribution in [-0.2, 0) is 11.3 Å². The molecule has 1 fully saturated rings. The van der Waals surface area contributed by atoms with E-state index < -0.39 is 0 Å². The lowest BCUT2D eigenvalue weighted by atomic mass is 9.95. The minimum Gasteiger partial charge on any atom is -0.492 e. The van der Waals surface area contributed by atoms with Gasteiger partial charge in [-0.2, -0.15) is 0 Å². The number of carbonyl (C=O) groups is 1. The van der Waals surface area contributed by atoms with E-state index in [-0.39, 0.29) is 17.6 Å². The Morgan fingerprint density at radius 1 is 1.00 bits per heavy atom. The number of ether oxygens (including phenoxy) is 1. The Bertz CT molecular complexity index is 999. The standard InChI is InChI=1S/C25H27FN2O2/c26-24-8-4-3-7-22(24)18-28-14-11-20(12-15-28)25(29)27-13-16-30-23-10-9-19-5-1-2-6-21(19)17-23/h1-10,17,20H,11-16,18H2,(H,27,29). The predicted molar refractivity (Wildman–Crippen MR) is 117 cm³/mol. The van der Waals surface area contributed by atoms with Crippen LogP contribution in [0, 0.1) is 11.7 Å². The van der Waals surface area contributed by atoms with Crippen molar-refractivity contribution in [2.24, 2.45) is 5.92 Å². The van der Waals surface area contributed by atoms with Gasteiger partial charge in [0.1, 0.15) is 18.2 Å². The van der Waals surface area contributed by atoms with Gasteiger partial charge in [-0.1, -0.05) is 48.5 Å². The average molecular weight is 407 g/mol. The van der Waals surface area contributed by atoms with Crippen LogP contribution in [0.4, 0.5) is 4.39 Å². The van der Waals surface area contributed by atoms with E-state index in [0.29, 0.717) is 25.3 Å². The Kier molecular flexibility index (Phi) is 6.60. The number of benzene rings is 3. The third kappa shape index (κ3) is 5.16. The van der Waals surface area contributed by atoms with Crippen molar-refractivity contribution in [3.8, 4) is 5.75 Å². The number of hydrogen-bond donors (Lipinski definition) is 1. The first-order valence-corrected chi connectivity index (χ1v) is 10.5. The fourth-order valence-electron chi connectivity index (χ4n) is 3.97. The molecule has 4 nitrogen and oxygen atoms in total. The number of halogens is 1. The molecule has 3 aromatic rings. The van der Waals surface area contributed by atoms with E-state index >= 15 is 0 Å². The van der Waals surface area contributed by atoms with Crippen LogP contribution in [-0.4, -0.2) is 37.0 Å². The lowest BCUT2D eigenvalue weighted by Crippen LogP contribution is -2.41. The summed E-state index contributed by atoms with van der Waals surface area (Å²) in [4.78, 5) is 14.7. The molecule has 30 heavy (non-hydrogen) atoms. The Hall–Kier alpha value is -2.92. The van der Waals surface area contributed by atoms with Crippen LogP contribution in [0.5, 0.6) is 5.75 Å². The monoisotopic (exact) mass is 406 g/mol. The van der Waals surface area contributed by atoms with E-state index in [0.717, 1.165) is 37.1 Å². The maximum absolute atomic E-state index is 13.8. The van der Waals surface area contributed by atoms with E-state index in [1.807, 2.05) is 42.5 Å². The molecule has 0 atom stereocenters. The summed E-state index contributed by atoms with van der Waals surface area (Å²) in [6, 6.07) is 21.0. The first-order chi connectivity index (χ1) is 14.7. The van der Waals surface area contributed by atoms with Gasteiger partial charge in [-0.15, -0.1) is 0 Å². The summed E-state index contributed by atoms with van der Waals surface area (Å²) in [6.45, 7) is 3.14. The van der Waals surface area contributed by atoms with Crippen LogP contribution in [0.25, 0.3) is 10.8 Å². The van der Waals surface area contributed by atoms with E-state index in [1.54, 1.807) is 6.07 Å². The van der Waals surface area contributed by atoms with Gasteiger partial charge in [0, 0.05) is 18.0 Å². The molecular weight excluding hydrogens is 379 g/mol. The quantitative estimate of drug-likeness (QED) is 0.592. The molecule has 0 aliphatic carbocycles. The maximum Gasteiger partial charge on any atom is 0.223 e. The number of amides is 1. The molecular formula is C25H27FN2O2. The highest BCUT2D eigenvalue weighted by atomic mass is 19.1. The van der Waals surface area contributed by atoms with Gasteiger partial charge in [-0.3, -0.25) is 9.69 Å². The van der Waals surface area contributed by atoms with Gasteiger partial charge in [0.05, 0.1) is 6.54 Å². The first-order valence-electron chi connectivity index (χ1n) is 10.5. The SMILES string of the molecule is O=C(NCCOc1ccc2ccccc2c1)C1CCN(Cc2ccccc2F)CC1. The lowest BCUT2D eigenvalue weighted by molar-refractivity contribution is -0.126. The molecule has 4 rings (SSSR count). The van der Waals surface area contributed by atoms with Crippen molar-refractivity contribution in [2.75, 3.05) is 26.2 Å². The molecule has 0 radical (unpaired) electrons. The van der Waals surface area contributed by atoms with Crippen molar-refractivity contribution < 1.29 is 13.9 Å². The van der Waals surface area contributed by atoms with Gasteiger partial charge in [-0.05, 0) is 54.9 Å². The van der Waals surface area contributed by atoms with Crippen molar-refractivity contribution in [3.63, 3.8) is 0 Å². The van der Waals surface area contributed by atoms with Gasteiger partial charge in [0.2, 0.25) is 5.91 Å². The zero-order valence-electron chi connectivity index (χ0n) is 17.0. The van der Waals surface area contributed by atoms with Crippen molar-refractivity contribution in [3.05, 3.63) is 78.1 Å². The summed E-state index contributed by atoms with van der Waals surface area (Å²) in [5.74, 6) is 0.748. The van der Waals surface area contributed by atoms with Gasteiger partial charge < -0.3 is 10.1 Å². The fourth-order valence-corrected chi connectivity index (χ4v) is 3.97. The van der Waals surface area contributed by atoms with Gasteiger partial charge in [0.15, 0.2) is 0 Å². The number of fused-ring (bicyclic) bond motifs is 1. The van der Waals surface area contributed by atoms with E-state index in [4.69, 9.17) is 4.74 Å². The Balaban J connectivity index is 1.17. The summed E-state index contributed by atoms with van der Waals surface area (Å²) in [5, 5.41) is 5.31. The van der Waals surface area contributed by atoms with Crippen LogP contribution in [0.1, 0.15) is 18.4 Å². The molecule has 1 aliphatic heterocycles. The minimum atomic E-state index is -0.163. The topological polar surface area (TPSA) is 41.6 Å². The van der Waals surface area contributed by atoms with Crippen molar-refractivity contribution in [1.29, 1.82) is 0 Å². The molecule has 0 spiro atoms. The van der Waals surface area contributed by atoms with Crippen LogP contribution < -0.4 is 10.1 Å². The molecule has 0 aromatic heterocycles. The highest BCUT2D eigenvalue weighted by Gasteiger charge is 2.25. The molecule has 156 valence electrons. The number of likely N-dealkylation sites (tertiary alicyclic amines) is 1. The van der Waals surface area contributed by atoms with E-state index in [2.05, 4.69) is 22.3 Å². The smallest absolute Gasteiger partial charge is 0.223 e. The van der Waals surface area contributed by atoms with Gasteiger partial charge in [-0.25, -0.2) is 4.39 Å². The predicted octanol–water partition coefficient (Wildman–Crippen LogP) is 4.39. The second-order valence-electron chi connectivity index (χ2n) is 7.79. The Labute approximate surface area is 176 Å². The second-order valence-corrected chi connectivity index (χ2v) is 7.79. The summed E-state index contributed by atoms with van der Waals surface area (Å²) in [6.07, 6.45) is 1.59. The molecule has 3 aromatic carbocycles. The van der Waals surface area contributed by atoms with Gasteiger partial charge >= 0.3 is 0 Å². The zero-order valence-corrected chi connectivity index (χ0v) is 17.0. The van der Waals surface area contributed by atoms with Crippen molar-refractivity contribution >= 4 is 16.7 Å². The molecule has 1 aliphatic rings. The fraction of sp³-hybridized carbons (Fsp3) is 0.320. The van der Waals surface area contributed by atoms with E-state index in [9.17, 15) is 9.18 Å². The average Bonchev–Trinajstić information content (AvgIpc) is 2.78. The highest BCUT2D eigenvalue weighted by molar-refractivity contribution is 5.83. The molecule has 0 saturated carbocycles. The molecule has 1 heterocycles. The number of nitrogens with zero attached hydrogens (tertiary/aromatic N) is 1. The minimum absolute atomic E-state index is 0.0162. The Morgan fingerprint density at radius 3 is 2.53 bits per heavy atom. The van der Waals surface area contributed by atoms with Crippen LogP contribution in [0.2, 0.25) is 0 Å². The molecule has 1 saturated heterocycles. The summed E-state index contributed by atoms with van der Waals surface area (Å²) in [7, 11) is 0. The van der Waals surface area contributed by atoms with Crippen LogP contribution in [0.15, 0.2) is 66.7 Å². The maximum atomic E-state index is 13.8. The summed E-state index contributed by atoms with van der Waals surface area (Å²) in [5.41, 5.74) is 0.714. The molecule has 1 N–H and O–H groups in total. The second kappa shape index (κ2) is 9.72. The third-order valence-corrected chi connectivity index (χ3v) is 5.70. The summed E-state index contributed by atoms with van der Waals surface area (Å²) >= 11 is 0. The van der Waals surface area contributed by atoms with Crippen LogP contribution >= 0.6 is 0 Å². The number of rotatable bonds is 7. The number of carbonyl (C=O) groups excluding carboxylic acids is 1. The van der Waals surface area contributed by atoms with Crippen molar-refractivity contribution in [2.45, 2.75) is 19.4 Å². The third-order valence-electron chi connectivity index (χ3n) is 5.70. The summed E-state index contributed by atoms with van der Waals surface area (Å²) < 4.78 is 19.6. The number of hydrogen-bond acceptors (Lipinski definition) is 3. The normalized spacial score (nSPS) is 15.2. The number of nitrogens with one attached hydrogen (secondary N) is 1. The van der Waals surface area contributed by atoms with Crippen LogP contribution in [0.3, 0.4) is 0 Å². The van der Waals surface area contributed by atoms with Crippen molar-refractivity contribution in [1.82, 2.24) is 10.2 Å². The van der Waals surface area contributed by atoms with Gasteiger partial charge in [0.25, 0.3) is 0 Å². The molecule has 5 heteroatoms. The largest absolute Gasteiger partial charge is 0.492 e.